The van der Waals surface area contributed by atoms with Gasteiger partial charge in [-0.25, -0.2) is 4.98 Å². The molecule has 0 saturated carbocycles. The molecule has 0 aliphatic rings. The number of halogens is 2. The summed E-state index contributed by atoms with van der Waals surface area (Å²) in [4.78, 5) is 5.19. The molecule has 0 radical (unpaired) electrons. The fourth-order valence-electron chi connectivity index (χ4n) is 3.71. The molecule has 0 amide bonds. The van der Waals surface area contributed by atoms with E-state index in [2.05, 4.69) is 133 Å². The van der Waals surface area contributed by atoms with Crippen LogP contribution in [0.15, 0.2) is 118 Å². The molecule has 0 bridgehead atoms. The van der Waals surface area contributed by atoms with Crippen LogP contribution in [0.25, 0.3) is 39.6 Å². The van der Waals surface area contributed by atoms with Gasteiger partial charge in [-0.05, 0) is 36.4 Å². The molecule has 0 unspecified atom stereocenters. The van der Waals surface area contributed by atoms with Gasteiger partial charge in [0.15, 0.2) is 0 Å². The lowest BCUT2D eigenvalue weighted by molar-refractivity contribution is 1.07. The summed E-state index contributed by atoms with van der Waals surface area (Å²) in [6.07, 6.45) is 0. The summed E-state index contributed by atoms with van der Waals surface area (Å²) in [6, 6.07) is 37.5. The number of aromatic nitrogens is 2. The molecule has 5 rings (SSSR count). The second kappa shape index (κ2) is 8.66. The maximum atomic E-state index is 5.19. The fraction of sp³-hybridized carbons (Fsp3) is 0. The summed E-state index contributed by atoms with van der Waals surface area (Å²) in [5, 5.41) is 0. The van der Waals surface area contributed by atoms with Crippen molar-refractivity contribution in [2.75, 3.05) is 0 Å². The van der Waals surface area contributed by atoms with Crippen LogP contribution in [-0.2, 0) is 0 Å². The molecular formula is C27H18Br2N2. The van der Waals surface area contributed by atoms with E-state index in [1.807, 2.05) is 12.1 Å². The average molecular weight is 530 g/mol. The lowest BCUT2D eigenvalue weighted by Gasteiger charge is -2.14. The maximum Gasteiger partial charge on any atom is 0.145 e. The van der Waals surface area contributed by atoms with Crippen LogP contribution in [0.1, 0.15) is 0 Å². The van der Waals surface area contributed by atoms with Crippen LogP contribution in [0.5, 0.6) is 0 Å². The summed E-state index contributed by atoms with van der Waals surface area (Å²) >= 11 is 7.11. The Morgan fingerprint density at radius 1 is 0.516 bits per heavy atom. The number of benzene rings is 4. The van der Waals surface area contributed by atoms with Gasteiger partial charge in [-0.1, -0.05) is 105 Å². The first kappa shape index (κ1) is 20.0. The molecule has 0 aliphatic heterocycles. The quantitative estimate of drug-likeness (QED) is 0.228. The third-order valence-corrected chi connectivity index (χ3v) is 6.22. The Morgan fingerprint density at radius 3 is 1.61 bits per heavy atom. The highest BCUT2D eigenvalue weighted by Gasteiger charge is 2.22. The third kappa shape index (κ3) is 4.01. The standard InChI is InChI=1S/C27H18Br2N2/c28-22-13-11-21(12-14-22)27-30-25(19-7-3-1-4-8-19)26(20-9-5-2-6-10-20)31(27)24-17-15-23(29)16-18-24/h1-18H. The van der Waals surface area contributed by atoms with E-state index in [0.717, 1.165) is 48.5 Å². The zero-order valence-electron chi connectivity index (χ0n) is 16.5. The molecule has 4 aromatic carbocycles. The van der Waals surface area contributed by atoms with Crippen LogP contribution in [0.4, 0.5) is 0 Å². The lowest BCUT2D eigenvalue weighted by atomic mass is 10.0. The Bertz CT molecular complexity index is 1310. The third-order valence-electron chi connectivity index (χ3n) is 5.16. The van der Waals surface area contributed by atoms with Crippen LogP contribution in [0.2, 0.25) is 0 Å². The van der Waals surface area contributed by atoms with Crippen molar-refractivity contribution in [1.29, 1.82) is 0 Å². The number of hydrogen-bond acceptors (Lipinski definition) is 1. The van der Waals surface area contributed by atoms with E-state index in [1.165, 1.54) is 0 Å². The molecular weight excluding hydrogens is 512 g/mol. The monoisotopic (exact) mass is 528 g/mol. The van der Waals surface area contributed by atoms with Crippen LogP contribution in [0.3, 0.4) is 0 Å². The van der Waals surface area contributed by atoms with Crippen LogP contribution >= 0.6 is 31.9 Å². The van der Waals surface area contributed by atoms with E-state index in [1.54, 1.807) is 0 Å². The highest BCUT2D eigenvalue weighted by molar-refractivity contribution is 9.10. The van der Waals surface area contributed by atoms with Gasteiger partial charge in [0, 0.05) is 31.3 Å². The number of imidazole rings is 1. The Hall–Kier alpha value is -2.95. The van der Waals surface area contributed by atoms with Gasteiger partial charge >= 0.3 is 0 Å². The molecule has 0 fully saturated rings. The fourth-order valence-corrected chi connectivity index (χ4v) is 4.24. The maximum absolute atomic E-state index is 5.19. The predicted molar refractivity (Wildman–Crippen MR) is 135 cm³/mol. The van der Waals surface area contributed by atoms with E-state index in [-0.39, 0.29) is 0 Å². The molecule has 0 saturated heterocycles. The van der Waals surface area contributed by atoms with E-state index in [4.69, 9.17) is 4.98 Å². The number of nitrogens with zero attached hydrogens (tertiary/aromatic N) is 2. The molecule has 31 heavy (non-hydrogen) atoms. The summed E-state index contributed by atoms with van der Waals surface area (Å²) in [5.41, 5.74) is 6.38. The number of rotatable bonds is 4. The molecule has 1 aromatic heterocycles. The first-order valence-electron chi connectivity index (χ1n) is 9.96. The molecule has 0 spiro atoms. The van der Waals surface area contributed by atoms with E-state index in [9.17, 15) is 0 Å². The molecule has 5 aromatic rings. The van der Waals surface area contributed by atoms with Gasteiger partial charge < -0.3 is 0 Å². The summed E-state index contributed by atoms with van der Waals surface area (Å²) in [6.45, 7) is 0. The van der Waals surface area contributed by atoms with Crippen molar-refractivity contribution in [2.45, 2.75) is 0 Å². The van der Waals surface area contributed by atoms with Crippen molar-refractivity contribution in [3.05, 3.63) is 118 Å². The van der Waals surface area contributed by atoms with Gasteiger partial charge in [0.05, 0.1) is 11.4 Å². The lowest BCUT2D eigenvalue weighted by Crippen LogP contribution is -2.00. The topological polar surface area (TPSA) is 17.8 Å². The van der Waals surface area contributed by atoms with E-state index >= 15 is 0 Å². The minimum atomic E-state index is 0.910. The van der Waals surface area contributed by atoms with E-state index < -0.39 is 0 Å². The minimum absolute atomic E-state index is 0.910. The van der Waals surface area contributed by atoms with Gasteiger partial charge in [0.25, 0.3) is 0 Å². The second-order valence-corrected chi connectivity index (χ2v) is 9.01. The van der Waals surface area contributed by atoms with Gasteiger partial charge in [-0.15, -0.1) is 0 Å². The van der Waals surface area contributed by atoms with Gasteiger partial charge in [-0.2, -0.15) is 0 Å². The molecule has 2 nitrogen and oxygen atoms in total. The zero-order valence-corrected chi connectivity index (χ0v) is 19.7. The van der Waals surface area contributed by atoms with E-state index in [0.29, 0.717) is 0 Å². The SMILES string of the molecule is Brc1ccc(-c2nc(-c3ccccc3)c(-c3ccccc3)n2-c2ccc(Br)cc2)cc1. The Morgan fingerprint density at radius 2 is 1.03 bits per heavy atom. The summed E-state index contributed by atoms with van der Waals surface area (Å²) in [5.74, 6) is 0.910. The Labute approximate surface area is 198 Å². The van der Waals surface area contributed by atoms with Gasteiger partial charge in [0.2, 0.25) is 0 Å². The smallest absolute Gasteiger partial charge is 0.145 e. The molecule has 4 heteroatoms. The van der Waals surface area contributed by atoms with Crippen molar-refractivity contribution in [3.63, 3.8) is 0 Å². The highest BCUT2D eigenvalue weighted by atomic mass is 79.9. The van der Waals surface area contributed by atoms with Crippen molar-refractivity contribution in [1.82, 2.24) is 9.55 Å². The molecule has 1 heterocycles. The van der Waals surface area contributed by atoms with Crippen LogP contribution in [0, 0.1) is 0 Å². The molecule has 0 aliphatic carbocycles. The number of hydrogen-bond donors (Lipinski definition) is 0. The summed E-state index contributed by atoms with van der Waals surface area (Å²) in [7, 11) is 0. The van der Waals surface area contributed by atoms with Crippen LogP contribution < -0.4 is 0 Å². The normalized spacial score (nSPS) is 10.9. The molecule has 150 valence electrons. The predicted octanol–water partition coefficient (Wildman–Crippen LogP) is 8.40. The average Bonchev–Trinajstić information content (AvgIpc) is 3.22. The summed E-state index contributed by atoms with van der Waals surface area (Å²) < 4.78 is 4.35. The molecule has 0 atom stereocenters. The largest absolute Gasteiger partial charge is 0.292 e. The first-order valence-corrected chi connectivity index (χ1v) is 11.5. The second-order valence-electron chi connectivity index (χ2n) is 7.18. The zero-order chi connectivity index (χ0) is 21.2. The van der Waals surface area contributed by atoms with Crippen LogP contribution in [-0.4, -0.2) is 9.55 Å². The van der Waals surface area contributed by atoms with Crippen molar-refractivity contribution in [2.24, 2.45) is 0 Å². The van der Waals surface area contributed by atoms with Crippen molar-refractivity contribution >= 4 is 31.9 Å². The minimum Gasteiger partial charge on any atom is -0.292 e. The molecule has 0 N–H and O–H groups in total. The Kier molecular flexibility index (Phi) is 5.58. The van der Waals surface area contributed by atoms with Crippen molar-refractivity contribution < 1.29 is 0 Å². The van der Waals surface area contributed by atoms with Crippen molar-refractivity contribution in [3.8, 4) is 39.6 Å². The Balaban J connectivity index is 1.87. The highest BCUT2D eigenvalue weighted by Crippen LogP contribution is 2.38. The van der Waals surface area contributed by atoms with Gasteiger partial charge in [-0.3, -0.25) is 4.57 Å². The van der Waals surface area contributed by atoms with Gasteiger partial charge in [0.1, 0.15) is 5.82 Å². The first-order chi connectivity index (χ1) is 15.2.